The maximum absolute atomic E-state index is 11.9. The molecule has 1 aliphatic heterocycles. The third-order valence-electron chi connectivity index (χ3n) is 7.21. The molecule has 0 saturated carbocycles. The lowest BCUT2D eigenvalue weighted by Gasteiger charge is -2.32. The molecule has 1 rings (SSSR count). The fourth-order valence-corrected chi connectivity index (χ4v) is 5.68. The van der Waals surface area contributed by atoms with E-state index in [2.05, 4.69) is 21.0 Å². The molecule has 0 bridgehead atoms. The summed E-state index contributed by atoms with van der Waals surface area (Å²) < 4.78 is 23.0. The lowest BCUT2D eigenvalue weighted by atomic mass is 10.0. The molecule has 0 aromatic carbocycles. The summed E-state index contributed by atoms with van der Waals surface area (Å²) in [6, 6.07) is 0.496. The molecule has 0 spiro atoms. The van der Waals surface area contributed by atoms with Gasteiger partial charge in [-0.3, -0.25) is 4.57 Å². The maximum Gasteiger partial charge on any atom is 0.267 e. The third-order valence-corrected chi connectivity index (χ3v) is 8.21. The zero-order valence-electron chi connectivity index (χ0n) is 21.7. The Morgan fingerprint density at radius 2 is 1.19 bits per heavy atom. The van der Waals surface area contributed by atoms with E-state index in [1.807, 2.05) is 0 Å². The van der Waals surface area contributed by atoms with Crippen molar-refractivity contribution in [2.75, 3.05) is 33.9 Å². The van der Waals surface area contributed by atoms with E-state index < -0.39 is 7.82 Å². The van der Waals surface area contributed by atoms with E-state index in [-0.39, 0.29) is 13.2 Å². The second kappa shape index (κ2) is 18.4. The van der Waals surface area contributed by atoms with Crippen molar-refractivity contribution in [2.24, 2.45) is 0 Å². The van der Waals surface area contributed by atoms with Crippen molar-refractivity contribution in [1.82, 2.24) is 0 Å². The summed E-state index contributed by atoms with van der Waals surface area (Å²) in [5.74, 6) is 0. The molecule has 192 valence electrons. The molecule has 0 aromatic rings. The van der Waals surface area contributed by atoms with E-state index in [1.165, 1.54) is 96.3 Å². The Bertz CT molecular complexity index is 486. The highest BCUT2D eigenvalue weighted by atomic mass is 31.2. The summed E-state index contributed by atoms with van der Waals surface area (Å²) in [6.45, 7) is 3.93. The first-order valence-electron chi connectivity index (χ1n) is 13.8. The van der Waals surface area contributed by atoms with Crippen LogP contribution in [-0.4, -0.2) is 44.4 Å². The molecule has 2 atom stereocenters. The number of quaternary nitrogens is 1. The summed E-state index contributed by atoms with van der Waals surface area (Å²) in [6.07, 6.45) is 24.0. The van der Waals surface area contributed by atoms with Crippen LogP contribution in [0.15, 0.2) is 0 Å². The van der Waals surface area contributed by atoms with E-state index in [4.69, 9.17) is 9.05 Å². The van der Waals surface area contributed by atoms with E-state index in [9.17, 15) is 9.46 Å². The van der Waals surface area contributed by atoms with E-state index in [0.717, 1.165) is 36.7 Å². The highest BCUT2D eigenvalue weighted by Gasteiger charge is 2.33. The quantitative estimate of drug-likeness (QED) is 0.0931. The lowest BCUT2D eigenvalue weighted by molar-refractivity contribution is -0.902. The summed E-state index contributed by atoms with van der Waals surface area (Å²) >= 11 is 0. The molecule has 6 heteroatoms. The largest absolute Gasteiger partial charge is 0.756 e. The minimum Gasteiger partial charge on any atom is -0.756 e. The lowest BCUT2D eigenvalue weighted by Crippen LogP contribution is -2.44. The fraction of sp³-hybridized carbons (Fsp3) is 1.00. The molecular formula is C26H54NO4P. The third kappa shape index (κ3) is 15.8. The molecule has 0 aromatic heterocycles. The first-order valence-corrected chi connectivity index (χ1v) is 15.3. The number of hydrogen-bond donors (Lipinski definition) is 0. The van der Waals surface area contributed by atoms with Crippen LogP contribution in [0.2, 0.25) is 0 Å². The van der Waals surface area contributed by atoms with Gasteiger partial charge >= 0.3 is 0 Å². The maximum atomic E-state index is 11.9. The first-order chi connectivity index (χ1) is 15.4. The molecule has 32 heavy (non-hydrogen) atoms. The summed E-state index contributed by atoms with van der Waals surface area (Å²) in [7, 11) is 0.283. The van der Waals surface area contributed by atoms with Crippen molar-refractivity contribution in [2.45, 2.75) is 135 Å². The van der Waals surface area contributed by atoms with Gasteiger partial charge in [-0.1, -0.05) is 103 Å². The van der Waals surface area contributed by atoms with Crippen molar-refractivity contribution in [3.63, 3.8) is 0 Å². The van der Waals surface area contributed by atoms with E-state index in [1.54, 1.807) is 0 Å². The number of unbranched alkanes of at least 4 members (excludes halogenated alkanes) is 15. The van der Waals surface area contributed by atoms with Gasteiger partial charge in [-0.2, -0.15) is 0 Å². The van der Waals surface area contributed by atoms with Gasteiger partial charge in [0.1, 0.15) is 0 Å². The molecule has 0 radical (unpaired) electrons. The van der Waals surface area contributed by atoms with Crippen molar-refractivity contribution in [3.8, 4) is 0 Å². The van der Waals surface area contributed by atoms with Crippen molar-refractivity contribution in [3.05, 3.63) is 0 Å². The highest BCUT2D eigenvalue weighted by molar-refractivity contribution is 7.45. The predicted molar refractivity (Wildman–Crippen MR) is 134 cm³/mol. The summed E-state index contributed by atoms with van der Waals surface area (Å²) in [5.41, 5.74) is 0. The van der Waals surface area contributed by atoms with E-state index >= 15 is 0 Å². The molecule has 1 saturated heterocycles. The van der Waals surface area contributed by atoms with Gasteiger partial charge in [0.25, 0.3) is 7.82 Å². The molecule has 1 fully saturated rings. The summed E-state index contributed by atoms with van der Waals surface area (Å²) in [5, 5.41) is 0. The Balaban J connectivity index is 1.82. The van der Waals surface area contributed by atoms with Gasteiger partial charge in [0.05, 0.1) is 39.9 Å². The van der Waals surface area contributed by atoms with Gasteiger partial charge in [0.2, 0.25) is 0 Å². The number of rotatable bonds is 22. The fourth-order valence-electron chi connectivity index (χ4n) is 4.92. The van der Waals surface area contributed by atoms with Crippen LogP contribution in [0.25, 0.3) is 0 Å². The minimum atomic E-state index is -4.14. The van der Waals surface area contributed by atoms with Gasteiger partial charge in [-0.25, -0.2) is 0 Å². The zero-order valence-corrected chi connectivity index (χ0v) is 22.6. The van der Waals surface area contributed by atoms with E-state index in [0.29, 0.717) is 6.04 Å². The van der Waals surface area contributed by atoms with Crippen molar-refractivity contribution in [1.29, 1.82) is 0 Å². The standard InChI is InChI=1S/C26H54NO4P/c1-4-5-6-7-8-9-10-11-12-13-14-15-16-17-18-19-24-30-32(28,29)31-25-22-26-21-20-23-27(26,2)3/h26H,4-25H2,1-3H3. The number of hydrogen-bond acceptors (Lipinski definition) is 4. The van der Waals surface area contributed by atoms with Gasteiger partial charge in [-0.05, 0) is 6.42 Å². The molecule has 0 amide bonds. The van der Waals surface area contributed by atoms with Crippen molar-refractivity contribution >= 4 is 7.82 Å². The van der Waals surface area contributed by atoms with Crippen LogP contribution in [0.3, 0.4) is 0 Å². The Hall–Kier alpha value is 0.0700. The Labute approximate surface area is 199 Å². The average Bonchev–Trinajstić information content (AvgIpc) is 3.08. The number of nitrogens with zero attached hydrogens (tertiary/aromatic N) is 1. The molecular weight excluding hydrogens is 421 g/mol. The second-order valence-corrected chi connectivity index (χ2v) is 11.9. The number of likely N-dealkylation sites (tertiary alicyclic amines) is 1. The Kier molecular flexibility index (Phi) is 17.3. The zero-order chi connectivity index (χ0) is 23.5. The average molecular weight is 476 g/mol. The van der Waals surface area contributed by atoms with Gasteiger partial charge in [0.15, 0.2) is 0 Å². The van der Waals surface area contributed by atoms with Crippen LogP contribution in [0, 0.1) is 0 Å². The normalized spacial score (nSPS) is 19.9. The van der Waals surface area contributed by atoms with Crippen LogP contribution in [0.4, 0.5) is 0 Å². The Morgan fingerprint density at radius 1 is 0.750 bits per heavy atom. The first kappa shape index (κ1) is 30.1. The van der Waals surface area contributed by atoms with Gasteiger partial charge in [-0.15, -0.1) is 0 Å². The summed E-state index contributed by atoms with van der Waals surface area (Å²) in [4.78, 5) is 11.9. The van der Waals surface area contributed by atoms with Gasteiger partial charge in [0, 0.05) is 19.3 Å². The predicted octanol–water partition coefficient (Wildman–Crippen LogP) is 7.38. The molecule has 1 heterocycles. The van der Waals surface area contributed by atoms with Crippen LogP contribution in [-0.2, 0) is 13.6 Å². The molecule has 5 nitrogen and oxygen atoms in total. The number of phosphoric ester groups is 1. The highest BCUT2D eigenvalue weighted by Crippen LogP contribution is 2.39. The molecule has 2 unspecified atom stereocenters. The van der Waals surface area contributed by atoms with Crippen LogP contribution in [0.1, 0.15) is 129 Å². The molecule has 1 aliphatic rings. The second-order valence-electron chi connectivity index (χ2n) is 10.5. The molecule has 0 aliphatic carbocycles. The van der Waals surface area contributed by atoms with Gasteiger partial charge < -0.3 is 18.4 Å². The monoisotopic (exact) mass is 475 g/mol. The van der Waals surface area contributed by atoms with Crippen LogP contribution in [0.5, 0.6) is 0 Å². The topological polar surface area (TPSA) is 58.6 Å². The minimum absolute atomic E-state index is 0.242. The molecule has 0 N–H and O–H groups in total. The SMILES string of the molecule is CCCCCCCCCCCCCCCCCCOP(=O)([O-])OCCC1CCC[N+]1(C)C. The number of phosphoric acid groups is 1. The Morgan fingerprint density at radius 3 is 1.62 bits per heavy atom. The van der Waals surface area contributed by atoms with Crippen molar-refractivity contribution < 1.29 is 23.0 Å². The van der Waals surface area contributed by atoms with Crippen LogP contribution < -0.4 is 4.89 Å². The van der Waals surface area contributed by atoms with Crippen LogP contribution >= 0.6 is 7.82 Å². The smallest absolute Gasteiger partial charge is 0.267 e.